The fraction of sp³-hybridized carbons (Fsp3) is 0.412. The smallest absolute Gasteiger partial charge is 0.243 e. The molecule has 236 valence electrons. The first kappa shape index (κ1) is 34.0. The quantitative estimate of drug-likeness (QED) is 0.207. The van der Waals surface area contributed by atoms with E-state index in [2.05, 4.69) is 21.2 Å². The average Bonchev–Trinajstić information content (AvgIpc) is 3.00. The lowest BCUT2D eigenvalue weighted by Crippen LogP contribution is -2.52. The number of nitrogens with one attached hydrogen (secondary N) is 1. The summed E-state index contributed by atoms with van der Waals surface area (Å²) >= 11 is 9.78. The van der Waals surface area contributed by atoms with Crippen LogP contribution in [0.25, 0.3) is 0 Å². The molecule has 0 aromatic heterocycles. The molecule has 3 aromatic rings. The van der Waals surface area contributed by atoms with Crippen molar-refractivity contribution in [2.45, 2.75) is 76.9 Å². The molecule has 0 unspecified atom stereocenters. The lowest BCUT2D eigenvalue weighted by atomic mass is 9.94. The monoisotopic (exact) mass is 701 g/mol. The number of carbonyl (C=O) groups excluding carboxylic acids is 2. The third-order valence-corrected chi connectivity index (χ3v) is 10.3. The molecule has 7 nitrogen and oxygen atoms in total. The Hall–Kier alpha value is -2.88. The topological polar surface area (TPSA) is 86.8 Å². The van der Waals surface area contributed by atoms with Gasteiger partial charge in [-0.05, 0) is 67.1 Å². The van der Waals surface area contributed by atoms with Crippen molar-refractivity contribution in [3.8, 4) is 0 Å². The summed E-state index contributed by atoms with van der Waals surface area (Å²) < 4.78 is 27.8. The number of sulfonamides is 1. The van der Waals surface area contributed by atoms with Gasteiger partial charge < -0.3 is 10.2 Å². The summed E-state index contributed by atoms with van der Waals surface area (Å²) in [5.41, 5.74) is 3.01. The molecule has 0 spiro atoms. The van der Waals surface area contributed by atoms with Crippen molar-refractivity contribution in [2.24, 2.45) is 0 Å². The average molecular weight is 703 g/mol. The molecule has 0 aliphatic heterocycles. The van der Waals surface area contributed by atoms with Crippen molar-refractivity contribution in [3.05, 3.63) is 99.0 Å². The maximum atomic E-state index is 14.1. The Kier molecular flexibility index (Phi) is 12.3. The summed E-state index contributed by atoms with van der Waals surface area (Å²) in [6.45, 7) is 2.14. The van der Waals surface area contributed by atoms with Crippen molar-refractivity contribution < 1.29 is 18.0 Å². The Balaban J connectivity index is 1.60. The van der Waals surface area contributed by atoms with Gasteiger partial charge >= 0.3 is 0 Å². The molecule has 0 bridgehead atoms. The molecule has 1 atom stereocenters. The van der Waals surface area contributed by atoms with Crippen molar-refractivity contribution >= 4 is 55.1 Å². The summed E-state index contributed by atoms with van der Waals surface area (Å²) in [5.74, 6) is -0.359. The van der Waals surface area contributed by atoms with Crippen molar-refractivity contribution in [1.82, 2.24) is 10.2 Å². The third-order valence-electron chi connectivity index (χ3n) is 8.15. The number of halogens is 2. The highest BCUT2D eigenvalue weighted by Gasteiger charge is 2.32. The van der Waals surface area contributed by atoms with Gasteiger partial charge in [0.25, 0.3) is 0 Å². The Morgan fingerprint density at radius 2 is 1.64 bits per heavy atom. The van der Waals surface area contributed by atoms with Crippen LogP contribution in [0.1, 0.15) is 61.6 Å². The molecule has 0 heterocycles. The maximum Gasteiger partial charge on any atom is 0.243 e. The second-order valence-electron chi connectivity index (χ2n) is 11.5. The van der Waals surface area contributed by atoms with E-state index < -0.39 is 16.1 Å². The molecule has 1 aliphatic rings. The van der Waals surface area contributed by atoms with Crippen LogP contribution in [0, 0.1) is 6.92 Å². The molecule has 10 heteroatoms. The highest BCUT2D eigenvalue weighted by molar-refractivity contribution is 9.10. The Morgan fingerprint density at radius 1 is 0.955 bits per heavy atom. The normalized spacial score (nSPS) is 14.5. The number of amides is 2. The minimum Gasteiger partial charge on any atom is -0.352 e. The van der Waals surface area contributed by atoms with Gasteiger partial charge in [-0.2, -0.15) is 0 Å². The van der Waals surface area contributed by atoms with E-state index in [1.54, 1.807) is 30.0 Å². The van der Waals surface area contributed by atoms with E-state index in [0.717, 1.165) is 47.5 Å². The minimum absolute atomic E-state index is 0.0736. The van der Waals surface area contributed by atoms with E-state index in [1.807, 2.05) is 54.6 Å². The van der Waals surface area contributed by atoms with Gasteiger partial charge in [-0.15, -0.1) is 0 Å². The molecule has 0 radical (unpaired) electrons. The highest BCUT2D eigenvalue weighted by atomic mass is 79.9. The molecule has 3 aromatic carbocycles. The van der Waals surface area contributed by atoms with Crippen LogP contribution >= 0.6 is 27.5 Å². The van der Waals surface area contributed by atoms with Crippen LogP contribution in [0.4, 0.5) is 5.69 Å². The summed E-state index contributed by atoms with van der Waals surface area (Å²) in [4.78, 5) is 29.7. The molecule has 1 aliphatic carbocycles. The summed E-state index contributed by atoms with van der Waals surface area (Å²) in [6, 6.07) is 22.0. The molecule has 0 saturated heterocycles. The molecule has 2 amide bonds. The predicted molar refractivity (Wildman–Crippen MR) is 181 cm³/mol. The van der Waals surface area contributed by atoms with Gasteiger partial charge in [-0.1, -0.05) is 95.3 Å². The molecule has 1 fully saturated rings. The first-order chi connectivity index (χ1) is 21.0. The lowest BCUT2D eigenvalue weighted by molar-refractivity contribution is -0.141. The van der Waals surface area contributed by atoms with Crippen LogP contribution in [0.5, 0.6) is 0 Å². The van der Waals surface area contributed by atoms with E-state index in [4.69, 9.17) is 11.6 Å². The van der Waals surface area contributed by atoms with Crippen molar-refractivity contribution in [2.75, 3.05) is 17.1 Å². The van der Waals surface area contributed by atoms with E-state index >= 15 is 0 Å². The summed E-state index contributed by atoms with van der Waals surface area (Å²) in [7, 11) is -3.63. The number of anilines is 1. The third kappa shape index (κ3) is 9.56. The largest absolute Gasteiger partial charge is 0.352 e. The molecular weight excluding hydrogens is 662 g/mol. The molecule has 4 rings (SSSR count). The van der Waals surface area contributed by atoms with Gasteiger partial charge in [0, 0.05) is 41.5 Å². The highest BCUT2D eigenvalue weighted by Crippen LogP contribution is 2.29. The zero-order chi connectivity index (χ0) is 31.7. The van der Waals surface area contributed by atoms with E-state index in [1.165, 1.54) is 10.7 Å². The van der Waals surface area contributed by atoms with Crippen LogP contribution in [-0.2, 0) is 32.6 Å². The number of hydrogen-bond acceptors (Lipinski definition) is 4. The van der Waals surface area contributed by atoms with Crippen LogP contribution in [0.3, 0.4) is 0 Å². The number of nitrogens with zero attached hydrogens (tertiary/aromatic N) is 2. The second kappa shape index (κ2) is 15.9. The number of carbonyl (C=O) groups is 2. The first-order valence-electron chi connectivity index (χ1n) is 15.1. The predicted octanol–water partition coefficient (Wildman–Crippen LogP) is 7.05. The molecular formula is C34H41BrClN3O4S. The van der Waals surface area contributed by atoms with Crippen molar-refractivity contribution in [3.63, 3.8) is 0 Å². The molecule has 44 heavy (non-hydrogen) atoms. The SMILES string of the molecule is Cc1c(Cl)cccc1N(CCCC(=O)N(Cc1ccc(Br)cc1)[C@H](Cc1ccccc1)C(=O)NC1CCCCC1)S(C)(=O)=O. The minimum atomic E-state index is -3.63. The number of benzene rings is 3. The Morgan fingerprint density at radius 3 is 2.30 bits per heavy atom. The lowest BCUT2D eigenvalue weighted by Gasteiger charge is -2.34. The van der Waals surface area contributed by atoms with Gasteiger partial charge in [0.2, 0.25) is 21.8 Å². The van der Waals surface area contributed by atoms with Crippen molar-refractivity contribution in [1.29, 1.82) is 0 Å². The first-order valence-corrected chi connectivity index (χ1v) is 18.2. The number of rotatable bonds is 13. The van der Waals surface area contributed by atoms with E-state index in [9.17, 15) is 18.0 Å². The zero-order valence-electron chi connectivity index (χ0n) is 25.3. The zero-order valence-corrected chi connectivity index (χ0v) is 28.5. The fourth-order valence-electron chi connectivity index (χ4n) is 5.73. The summed E-state index contributed by atoms with van der Waals surface area (Å²) in [5, 5.41) is 3.73. The van der Waals surface area contributed by atoms with Gasteiger partial charge in [0.05, 0.1) is 11.9 Å². The molecule has 1 saturated carbocycles. The Labute approximate surface area is 275 Å². The van der Waals surface area contributed by atoms with Crippen LogP contribution in [0.2, 0.25) is 5.02 Å². The summed E-state index contributed by atoms with van der Waals surface area (Å²) in [6.07, 6.45) is 7.09. The van der Waals surface area contributed by atoms with Crippen LogP contribution in [0.15, 0.2) is 77.3 Å². The van der Waals surface area contributed by atoms with Gasteiger partial charge in [0.1, 0.15) is 6.04 Å². The van der Waals surface area contributed by atoms with Gasteiger partial charge in [0.15, 0.2) is 0 Å². The standard InChI is InChI=1S/C34H41BrClN3O4S/c1-25-30(36)15-9-16-31(25)39(44(2,42)43)22-10-17-33(40)38(24-27-18-20-28(35)21-19-27)32(23-26-11-5-3-6-12-26)34(41)37-29-13-7-4-8-14-29/h3,5-6,9,11-12,15-16,18-21,29,32H,4,7-8,10,13-14,17,22-24H2,1-2H3,(H,37,41)/t32-/m1/s1. The van der Waals surface area contributed by atoms with E-state index in [0.29, 0.717) is 22.7 Å². The number of hydrogen-bond donors (Lipinski definition) is 1. The Bertz CT molecular complexity index is 1510. The fourth-order valence-corrected chi connectivity index (χ4v) is 7.18. The second-order valence-corrected chi connectivity index (χ2v) is 14.7. The van der Waals surface area contributed by atoms with Gasteiger partial charge in [-0.3, -0.25) is 13.9 Å². The van der Waals surface area contributed by atoms with Crippen LogP contribution in [-0.4, -0.2) is 50.0 Å². The van der Waals surface area contributed by atoms with Crippen LogP contribution < -0.4 is 9.62 Å². The molecule has 1 N–H and O–H groups in total. The van der Waals surface area contributed by atoms with E-state index in [-0.39, 0.29) is 43.8 Å². The van der Waals surface area contributed by atoms with Gasteiger partial charge in [-0.25, -0.2) is 8.42 Å². The maximum absolute atomic E-state index is 14.1.